The second-order valence-electron chi connectivity index (χ2n) is 7.18. The van der Waals surface area contributed by atoms with E-state index in [-0.39, 0.29) is 48.3 Å². The summed E-state index contributed by atoms with van der Waals surface area (Å²) in [6, 6.07) is 4.67. The summed E-state index contributed by atoms with van der Waals surface area (Å²) in [6.07, 6.45) is 0.528. The van der Waals surface area contributed by atoms with Gasteiger partial charge in [-0.25, -0.2) is 8.96 Å². The molecule has 1 saturated carbocycles. The lowest BCUT2D eigenvalue weighted by molar-refractivity contribution is 0.0217. The summed E-state index contributed by atoms with van der Waals surface area (Å²) in [4.78, 5) is 30.3. The predicted molar refractivity (Wildman–Crippen MR) is 106 cm³/mol. The van der Waals surface area contributed by atoms with Crippen molar-refractivity contribution in [1.82, 2.24) is 9.97 Å². The molecule has 1 aromatic carbocycles. The molecule has 2 aromatic rings. The van der Waals surface area contributed by atoms with Gasteiger partial charge in [0.05, 0.1) is 13.3 Å². The van der Waals surface area contributed by atoms with Crippen molar-refractivity contribution >= 4 is 25.3 Å². The van der Waals surface area contributed by atoms with Crippen LogP contribution in [0.1, 0.15) is 6.42 Å². The Balaban J connectivity index is 1.38. The van der Waals surface area contributed by atoms with Crippen molar-refractivity contribution in [3.05, 3.63) is 40.4 Å². The largest absolute Gasteiger partial charge is 0.527 e. The van der Waals surface area contributed by atoms with Crippen molar-refractivity contribution in [2.24, 2.45) is 11.8 Å². The highest BCUT2D eigenvalue weighted by Crippen LogP contribution is 2.48. The average molecular weight is 441 g/mol. The normalized spacial score (nSPS) is 24.5. The highest BCUT2D eigenvalue weighted by atomic mass is 31.2. The average Bonchev–Trinajstić information content (AvgIpc) is 3.04. The van der Waals surface area contributed by atoms with Crippen LogP contribution < -0.4 is 26.0 Å². The van der Waals surface area contributed by atoms with Crippen LogP contribution in [0.3, 0.4) is 0 Å². The van der Waals surface area contributed by atoms with Crippen molar-refractivity contribution in [3.8, 4) is 5.75 Å². The molecular formula is C17H21FN5O6P. The molecule has 1 aromatic heterocycles. The van der Waals surface area contributed by atoms with Crippen molar-refractivity contribution in [3.63, 3.8) is 0 Å². The number of rotatable bonds is 7. The fourth-order valence-electron chi connectivity index (χ4n) is 3.83. The highest BCUT2D eigenvalue weighted by molar-refractivity contribution is 7.47. The molecule has 4 rings (SSSR count). The molecule has 4 atom stereocenters. The number of nitrogens with two attached hydrogens (primary N) is 1. The lowest BCUT2D eigenvalue weighted by atomic mass is 9.69. The summed E-state index contributed by atoms with van der Waals surface area (Å²) in [7, 11) is -4.46. The van der Waals surface area contributed by atoms with E-state index >= 15 is 0 Å². The van der Waals surface area contributed by atoms with Gasteiger partial charge in [-0.1, -0.05) is 6.07 Å². The van der Waals surface area contributed by atoms with Crippen LogP contribution in [0.5, 0.6) is 5.75 Å². The van der Waals surface area contributed by atoms with Crippen LogP contribution in [0.2, 0.25) is 0 Å². The number of aromatic nitrogens is 2. The van der Waals surface area contributed by atoms with Crippen molar-refractivity contribution in [1.29, 1.82) is 0 Å². The molecular weight excluding hydrogens is 420 g/mol. The summed E-state index contributed by atoms with van der Waals surface area (Å²) in [5, 5.41) is 12.8. The molecule has 0 spiro atoms. The SMILES string of the molecule is Nc1nc2c(c(=O)[nH]1)NCN2C1CC(COP(=O)(O)Oc2cccc(F)c2)C1CO. The number of phosphoric acid groups is 1. The lowest BCUT2D eigenvalue weighted by Crippen LogP contribution is -2.55. The zero-order valence-electron chi connectivity index (χ0n) is 15.7. The Morgan fingerprint density at radius 1 is 1.43 bits per heavy atom. The number of benzene rings is 1. The summed E-state index contributed by atoms with van der Waals surface area (Å²) >= 11 is 0. The Hall–Kier alpha value is -2.66. The minimum Gasteiger partial charge on any atom is -0.404 e. The molecule has 30 heavy (non-hydrogen) atoms. The molecule has 6 N–H and O–H groups in total. The molecule has 0 radical (unpaired) electrons. The van der Waals surface area contributed by atoms with Gasteiger partial charge in [-0.2, -0.15) is 4.98 Å². The number of hydrogen-bond acceptors (Lipinski definition) is 9. The van der Waals surface area contributed by atoms with Gasteiger partial charge in [0, 0.05) is 24.6 Å². The first-order valence-electron chi connectivity index (χ1n) is 9.21. The quantitative estimate of drug-likeness (QED) is 0.390. The maximum absolute atomic E-state index is 13.2. The van der Waals surface area contributed by atoms with E-state index in [0.29, 0.717) is 24.6 Å². The van der Waals surface area contributed by atoms with Gasteiger partial charge in [0.1, 0.15) is 17.3 Å². The number of anilines is 3. The molecule has 0 bridgehead atoms. The maximum atomic E-state index is 13.2. The van der Waals surface area contributed by atoms with E-state index in [0.717, 1.165) is 6.07 Å². The van der Waals surface area contributed by atoms with Crippen LogP contribution in [0.25, 0.3) is 0 Å². The molecule has 4 unspecified atom stereocenters. The molecule has 0 amide bonds. The molecule has 0 saturated heterocycles. The van der Waals surface area contributed by atoms with Crippen LogP contribution in [0.15, 0.2) is 29.1 Å². The van der Waals surface area contributed by atoms with Crippen LogP contribution in [-0.4, -0.2) is 45.9 Å². The minimum absolute atomic E-state index is 0.0112. The summed E-state index contributed by atoms with van der Waals surface area (Å²) in [6.45, 7) is -0.00163. The maximum Gasteiger partial charge on any atom is 0.527 e. The second kappa shape index (κ2) is 7.88. The van der Waals surface area contributed by atoms with E-state index in [1.165, 1.54) is 18.2 Å². The molecule has 13 heteroatoms. The zero-order valence-corrected chi connectivity index (χ0v) is 16.6. The third-order valence-electron chi connectivity index (χ3n) is 5.34. The fraction of sp³-hybridized carbons (Fsp3) is 0.412. The molecule has 2 aliphatic rings. The number of nitrogens with one attached hydrogen (secondary N) is 2. The number of nitrogens with zero attached hydrogens (tertiary/aromatic N) is 2. The number of aliphatic hydroxyl groups excluding tert-OH is 1. The first kappa shape index (κ1) is 20.6. The Morgan fingerprint density at radius 2 is 2.23 bits per heavy atom. The number of nitrogen functional groups attached to an aromatic ring is 1. The van der Waals surface area contributed by atoms with Gasteiger partial charge in [-0.3, -0.25) is 19.2 Å². The number of aromatic amines is 1. The fourth-order valence-corrected chi connectivity index (χ4v) is 4.64. The van der Waals surface area contributed by atoms with Crippen molar-refractivity contribution in [2.75, 3.05) is 35.8 Å². The van der Waals surface area contributed by atoms with Gasteiger partial charge in [-0.15, -0.1) is 0 Å². The van der Waals surface area contributed by atoms with Gasteiger partial charge >= 0.3 is 7.82 Å². The molecule has 2 heterocycles. The van der Waals surface area contributed by atoms with Gasteiger partial charge < -0.3 is 25.6 Å². The predicted octanol–water partition coefficient (Wildman–Crippen LogP) is 0.874. The number of halogens is 1. The third kappa shape index (κ3) is 3.99. The van der Waals surface area contributed by atoms with Crippen molar-refractivity contribution in [2.45, 2.75) is 12.5 Å². The summed E-state index contributed by atoms with van der Waals surface area (Å²) < 4.78 is 35.3. The second-order valence-corrected chi connectivity index (χ2v) is 8.55. The number of H-pyrrole nitrogens is 1. The number of aliphatic hydroxyl groups is 1. The third-order valence-corrected chi connectivity index (χ3v) is 6.26. The molecule has 11 nitrogen and oxygen atoms in total. The standard InChI is InChI=1S/C17H21FN5O6P/c18-10-2-1-3-11(5-10)29-30(26,27)28-7-9-4-13(12(9)6-24)23-8-20-14-15(23)21-17(19)22-16(14)25/h1-3,5,9,12-13,20,24H,4,6-8H2,(H,26,27)(H3,19,21,22,25). The van der Waals surface area contributed by atoms with Gasteiger partial charge in [-0.05, 0) is 24.5 Å². The Morgan fingerprint density at radius 3 is 2.97 bits per heavy atom. The smallest absolute Gasteiger partial charge is 0.404 e. The van der Waals surface area contributed by atoms with Crippen LogP contribution in [0.4, 0.5) is 21.8 Å². The zero-order chi connectivity index (χ0) is 21.5. The van der Waals surface area contributed by atoms with Crippen molar-refractivity contribution < 1.29 is 28.0 Å². The lowest BCUT2D eigenvalue weighted by Gasteiger charge is -2.48. The molecule has 1 aliphatic heterocycles. The highest BCUT2D eigenvalue weighted by Gasteiger charge is 2.47. The van der Waals surface area contributed by atoms with Crippen LogP contribution >= 0.6 is 7.82 Å². The van der Waals surface area contributed by atoms with Gasteiger partial charge in [0.15, 0.2) is 5.82 Å². The Labute approximate surface area is 170 Å². The molecule has 162 valence electrons. The van der Waals surface area contributed by atoms with E-state index < -0.39 is 13.6 Å². The van der Waals surface area contributed by atoms with E-state index in [2.05, 4.69) is 15.3 Å². The van der Waals surface area contributed by atoms with E-state index in [1.54, 1.807) is 0 Å². The van der Waals surface area contributed by atoms with E-state index in [4.69, 9.17) is 14.8 Å². The Bertz CT molecular complexity index is 1050. The first-order chi connectivity index (χ1) is 14.3. The molecule has 1 aliphatic carbocycles. The first-order valence-corrected chi connectivity index (χ1v) is 10.7. The number of fused-ring (bicyclic) bond motifs is 1. The van der Waals surface area contributed by atoms with E-state index in [1.807, 2.05) is 4.90 Å². The summed E-state index contributed by atoms with van der Waals surface area (Å²) in [5.41, 5.74) is 5.56. The molecule has 1 fully saturated rings. The van der Waals surface area contributed by atoms with Crippen LogP contribution in [0, 0.1) is 17.7 Å². The topological polar surface area (TPSA) is 163 Å². The monoisotopic (exact) mass is 441 g/mol. The number of hydrogen-bond donors (Lipinski definition) is 5. The van der Waals surface area contributed by atoms with Gasteiger partial charge in [0.2, 0.25) is 5.95 Å². The summed E-state index contributed by atoms with van der Waals surface area (Å²) in [5.74, 6) is -0.847. The van der Waals surface area contributed by atoms with E-state index in [9.17, 15) is 23.7 Å². The minimum atomic E-state index is -4.46. The van der Waals surface area contributed by atoms with Gasteiger partial charge in [0.25, 0.3) is 5.56 Å². The Kier molecular flexibility index (Phi) is 5.41. The number of phosphoric ester groups is 1. The van der Waals surface area contributed by atoms with Crippen LogP contribution in [-0.2, 0) is 9.09 Å².